The zero-order valence-corrected chi connectivity index (χ0v) is 16.5. The van der Waals surface area contributed by atoms with E-state index in [-0.39, 0.29) is 11.8 Å². The number of anilines is 1. The van der Waals surface area contributed by atoms with Crippen LogP contribution >= 0.6 is 15.9 Å². The Hall–Kier alpha value is -2.22. The SMILES string of the molecule is CCN(CC)c1nc(C)nc(Oc2c(Br)cc(C(C)=O)cc2OC)n1. The Morgan fingerprint density at radius 3 is 2.44 bits per heavy atom. The molecule has 0 radical (unpaired) electrons. The summed E-state index contributed by atoms with van der Waals surface area (Å²) in [6.07, 6.45) is 0. The minimum Gasteiger partial charge on any atom is -0.493 e. The molecule has 0 saturated carbocycles. The highest BCUT2D eigenvalue weighted by Crippen LogP contribution is 2.39. The van der Waals surface area contributed by atoms with Crippen LogP contribution in [0.5, 0.6) is 17.5 Å². The normalized spacial score (nSPS) is 10.5. The van der Waals surface area contributed by atoms with Crippen LogP contribution in [0.3, 0.4) is 0 Å². The molecule has 1 aromatic heterocycles. The van der Waals surface area contributed by atoms with Gasteiger partial charge in [0, 0.05) is 18.7 Å². The fourth-order valence-electron chi connectivity index (χ4n) is 2.25. The average molecular weight is 409 g/mol. The topological polar surface area (TPSA) is 77.4 Å². The van der Waals surface area contributed by atoms with E-state index in [1.807, 2.05) is 18.7 Å². The highest BCUT2D eigenvalue weighted by molar-refractivity contribution is 9.10. The number of aryl methyl sites for hydroxylation is 1. The number of ether oxygens (including phenoxy) is 2. The van der Waals surface area contributed by atoms with Gasteiger partial charge in [0.2, 0.25) is 5.95 Å². The molecule has 0 N–H and O–H groups in total. The summed E-state index contributed by atoms with van der Waals surface area (Å²) in [5, 5.41) is 0. The van der Waals surface area contributed by atoms with E-state index in [2.05, 4.69) is 30.9 Å². The number of carbonyl (C=O) groups is 1. The number of methoxy groups -OCH3 is 1. The summed E-state index contributed by atoms with van der Waals surface area (Å²) in [6.45, 7) is 8.89. The first-order chi connectivity index (χ1) is 11.9. The van der Waals surface area contributed by atoms with E-state index in [9.17, 15) is 4.79 Å². The van der Waals surface area contributed by atoms with Crippen LogP contribution in [0.1, 0.15) is 37.0 Å². The maximum absolute atomic E-state index is 11.6. The van der Waals surface area contributed by atoms with Crippen LogP contribution in [0.4, 0.5) is 5.95 Å². The van der Waals surface area contributed by atoms with E-state index in [4.69, 9.17) is 9.47 Å². The minimum atomic E-state index is -0.0645. The molecule has 0 aliphatic rings. The third-order valence-corrected chi connectivity index (χ3v) is 4.18. The lowest BCUT2D eigenvalue weighted by Crippen LogP contribution is -2.24. The van der Waals surface area contributed by atoms with Crippen molar-refractivity contribution in [3.8, 4) is 17.5 Å². The maximum Gasteiger partial charge on any atom is 0.327 e. The summed E-state index contributed by atoms with van der Waals surface area (Å²) in [5.41, 5.74) is 0.520. The molecule has 0 spiro atoms. The fourth-order valence-corrected chi connectivity index (χ4v) is 2.77. The molecule has 2 rings (SSSR count). The monoisotopic (exact) mass is 408 g/mol. The number of aromatic nitrogens is 3. The average Bonchev–Trinajstić information content (AvgIpc) is 2.57. The van der Waals surface area contributed by atoms with Crippen LogP contribution in [-0.4, -0.2) is 40.9 Å². The molecular weight excluding hydrogens is 388 g/mol. The number of ketones is 1. The van der Waals surface area contributed by atoms with Crippen molar-refractivity contribution in [3.05, 3.63) is 28.0 Å². The first-order valence-corrected chi connectivity index (χ1v) is 8.72. The lowest BCUT2D eigenvalue weighted by atomic mass is 10.1. The first kappa shape index (κ1) is 19.1. The molecule has 0 atom stereocenters. The molecule has 2 aromatic rings. The van der Waals surface area contributed by atoms with Gasteiger partial charge in [0.1, 0.15) is 5.82 Å². The van der Waals surface area contributed by atoms with Gasteiger partial charge in [0.15, 0.2) is 17.3 Å². The van der Waals surface area contributed by atoms with Crippen molar-refractivity contribution in [2.24, 2.45) is 0 Å². The third-order valence-electron chi connectivity index (χ3n) is 3.59. The Morgan fingerprint density at radius 1 is 1.20 bits per heavy atom. The van der Waals surface area contributed by atoms with E-state index in [1.165, 1.54) is 14.0 Å². The lowest BCUT2D eigenvalue weighted by molar-refractivity contribution is 0.101. The number of Topliss-reactive ketones (excluding diaryl/α,β-unsaturated/α-hetero) is 1. The van der Waals surface area contributed by atoms with Gasteiger partial charge in [-0.05, 0) is 55.8 Å². The molecule has 134 valence electrons. The molecule has 0 bridgehead atoms. The molecule has 1 aromatic carbocycles. The van der Waals surface area contributed by atoms with Gasteiger partial charge in [-0.2, -0.15) is 15.0 Å². The molecule has 0 fully saturated rings. The van der Waals surface area contributed by atoms with Gasteiger partial charge in [-0.1, -0.05) is 0 Å². The van der Waals surface area contributed by atoms with Crippen molar-refractivity contribution in [3.63, 3.8) is 0 Å². The number of carbonyl (C=O) groups excluding carboxylic acids is 1. The van der Waals surface area contributed by atoms with Crippen LogP contribution in [0, 0.1) is 6.92 Å². The number of hydrogen-bond donors (Lipinski definition) is 0. The zero-order valence-electron chi connectivity index (χ0n) is 15.0. The van der Waals surface area contributed by atoms with Gasteiger partial charge in [0.05, 0.1) is 11.6 Å². The van der Waals surface area contributed by atoms with Crippen molar-refractivity contribution in [1.29, 1.82) is 0 Å². The van der Waals surface area contributed by atoms with E-state index < -0.39 is 0 Å². The number of hydrogen-bond acceptors (Lipinski definition) is 7. The molecule has 8 heteroatoms. The molecule has 0 unspecified atom stereocenters. The number of halogens is 1. The van der Waals surface area contributed by atoms with Crippen LogP contribution in [0.25, 0.3) is 0 Å². The second kappa shape index (κ2) is 8.24. The number of nitrogens with zero attached hydrogens (tertiary/aromatic N) is 4. The van der Waals surface area contributed by atoms with Gasteiger partial charge >= 0.3 is 6.01 Å². The zero-order chi connectivity index (χ0) is 18.6. The Morgan fingerprint density at radius 2 is 1.88 bits per heavy atom. The van der Waals surface area contributed by atoms with Crippen molar-refractivity contribution in [2.45, 2.75) is 27.7 Å². The predicted molar refractivity (Wildman–Crippen MR) is 98.9 cm³/mol. The highest BCUT2D eigenvalue weighted by atomic mass is 79.9. The second-order valence-corrected chi connectivity index (χ2v) is 6.14. The quantitative estimate of drug-likeness (QED) is 0.644. The summed E-state index contributed by atoms with van der Waals surface area (Å²) in [5.74, 6) is 1.88. The van der Waals surface area contributed by atoms with Gasteiger partial charge in [0.25, 0.3) is 0 Å². The minimum absolute atomic E-state index is 0.0645. The highest BCUT2D eigenvalue weighted by Gasteiger charge is 2.17. The van der Waals surface area contributed by atoms with Crippen LogP contribution in [0.15, 0.2) is 16.6 Å². The van der Waals surface area contributed by atoms with Crippen molar-refractivity contribution in [1.82, 2.24) is 15.0 Å². The Balaban J connectivity index is 2.44. The fraction of sp³-hybridized carbons (Fsp3) is 0.412. The maximum atomic E-state index is 11.6. The van der Waals surface area contributed by atoms with E-state index in [1.54, 1.807) is 19.1 Å². The lowest BCUT2D eigenvalue weighted by Gasteiger charge is -2.19. The predicted octanol–water partition coefficient (Wildman–Crippen LogP) is 3.79. The summed E-state index contributed by atoms with van der Waals surface area (Å²) >= 11 is 3.42. The van der Waals surface area contributed by atoms with Crippen molar-refractivity contribution >= 4 is 27.7 Å². The second-order valence-electron chi connectivity index (χ2n) is 5.29. The molecule has 1 heterocycles. The molecule has 0 aliphatic heterocycles. The van der Waals surface area contributed by atoms with Gasteiger partial charge in [-0.3, -0.25) is 4.79 Å². The summed E-state index contributed by atoms with van der Waals surface area (Å²) < 4.78 is 11.8. The Bertz CT molecular complexity index is 779. The van der Waals surface area contributed by atoms with E-state index in [0.717, 1.165) is 13.1 Å². The Kier molecular flexibility index (Phi) is 6.30. The smallest absolute Gasteiger partial charge is 0.327 e. The molecule has 7 nitrogen and oxygen atoms in total. The van der Waals surface area contributed by atoms with Crippen molar-refractivity contribution < 1.29 is 14.3 Å². The van der Waals surface area contributed by atoms with E-state index in [0.29, 0.717) is 33.3 Å². The molecule has 0 amide bonds. The summed E-state index contributed by atoms with van der Waals surface area (Å²) in [4.78, 5) is 26.6. The molecular formula is C17H21BrN4O3. The van der Waals surface area contributed by atoms with Gasteiger partial charge in [-0.25, -0.2) is 0 Å². The van der Waals surface area contributed by atoms with E-state index >= 15 is 0 Å². The number of rotatable bonds is 7. The molecule has 25 heavy (non-hydrogen) atoms. The summed E-state index contributed by atoms with van der Waals surface area (Å²) in [6, 6.07) is 3.48. The standard InChI is InChI=1S/C17H21BrN4O3/c1-6-22(7-2)16-19-11(4)20-17(21-16)25-15-13(18)8-12(10(3)23)9-14(15)24-5/h8-9H,6-7H2,1-5H3. The van der Waals surface area contributed by atoms with Crippen molar-refractivity contribution in [2.75, 3.05) is 25.1 Å². The van der Waals surface area contributed by atoms with Crippen LogP contribution < -0.4 is 14.4 Å². The first-order valence-electron chi connectivity index (χ1n) is 7.93. The van der Waals surface area contributed by atoms with Crippen LogP contribution in [-0.2, 0) is 0 Å². The summed E-state index contributed by atoms with van der Waals surface area (Å²) in [7, 11) is 1.51. The Labute approximate surface area is 155 Å². The number of benzene rings is 1. The molecule has 0 aliphatic carbocycles. The van der Waals surface area contributed by atoms with Gasteiger partial charge in [-0.15, -0.1) is 0 Å². The largest absolute Gasteiger partial charge is 0.493 e. The third kappa shape index (κ3) is 4.45. The van der Waals surface area contributed by atoms with Gasteiger partial charge < -0.3 is 14.4 Å². The van der Waals surface area contributed by atoms with Crippen LogP contribution in [0.2, 0.25) is 0 Å². The molecule has 0 saturated heterocycles.